The molecule has 0 heterocycles. The van der Waals surface area contributed by atoms with E-state index in [4.69, 9.17) is 5.26 Å². The van der Waals surface area contributed by atoms with Crippen LogP contribution in [0.1, 0.15) is 33.3 Å². The summed E-state index contributed by atoms with van der Waals surface area (Å²) >= 11 is 0. The second kappa shape index (κ2) is 5.76. The molecule has 0 radical (unpaired) electrons. The number of hydrogen-bond acceptors (Lipinski definition) is 6. The monoisotopic (exact) mass is 313 g/mol. The zero-order valence-corrected chi connectivity index (χ0v) is 13.5. The predicted octanol–water partition coefficient (Wildman–Crippen LogP) is 2.45. The number of nitrogens with one attached hydrogen (secondary N) is 2. The lowest BCUT2D eigenvalue weighted by molar-refractivity contribution is 0.359. The molecule has 0 saturated carbocycles. The smallest absolute Gasteiger partial charge is 0.253 e. The largest absolute Gasteiger partial charge is 0.506 e. The first kappa shape index (κ1) is 16.6. The second-order valence-electron chi connectivity index (χ2n) is 6.58. The van der Waals surface area contributed by atoms with E-state index < -0.39 is 10.9 Å². The third kappa shape index (κ3) is 3.04. The molecular formula is C17H19N3O3. The molecular weight excluding hydrogens is 294 g/mol. The van der Waals surface area contributed by atoms with Gasteiger partial charge in [-0.2, -0.15) is 5.26 Å². The maximum Gasteiger partial charge on any atom is 0.253 e. The number of aromatic hydroxyl groups is 1. The molecule has 2 aromatic carbocycles. The van der Waals surface area contributed by atoms with Gasteiger partial charge in [-0.3, -0.25) is 9.59 Å². The summed E-state index contributed by atoms with van der Waals surface area (Å²) in [6.07, 6.45) is 0. The lowest BCUT2D eigenvalue weighted by Crippen LogP contribution is -2.41. The van der Waals surface area contributed by atoms with Crippen molar-refractivity contribution in [1.29, 1.82) is 5.26 Å². The molecule has 0 saturated heterocycles. The Morgan fingerprint density at radius 2 is 1.74 bits per heavy atom. The summed E-state index contributed by atoms with van der Waals surface area (Å²) in [5.41, 5.74) is -0.808. The van der Waals surface area contributed by atoms with Gasteiger partial charge in [-0.15, -0.1) is 0 Å². The molecule has 0 aliphatic heterocycles. The van der Waals surface area contributed by atoms with E-state index >= 15 is 0 Å². The van der Waals surface area contributed by atoms with Gasteiger partial charge in [0.05, 0.1) is 11.3 Å². The summed E-state index contributed by atoms with van der Waals surface area (Å²) in [4.78, 5) is 23.7. The van der Waals surface area contributed by atoms with Crippen LogP contribution < -0.4 is 21.5 Å². The van der Waals surface area contributed by atoms with E-state index in [1.165, 1.54) is 18.2 Å². The molecule has 23 heavy (non-hydrogen) atoms. The molecule has 2 aromatic rings. The van der Waals surface area contributed by atoms with E-state index in [1.54, 1.807) is 0 Å². The van der Waals surface area contributed by atoms with Crippen molar-refractivity contribution in [1.82, 2.24) is 0 Å². The number of benzene rings is 1. The lowest BCUT2D eigenvalue weighted by Gasteiger charge is -2.30. The normalized spacial score (nSPS) is 12.7. The van der Waals surface area contributed by atoms with Crippen LogP contribution in [0.3, 0.4) is 0 Å². The van der Waals surface area contributed by atoms with Crippen LogP contribution >= 0.6 is 0 Å². The zero-order chi connectivity index (χ0) is 17.4. The Morgan fingerprint density at radius 1 is 1.13 bits per heavy atom. The summed E-state index contributed by atoms with van der Waals surface area (Å²) < 4.78 is 0. The van der Waals surface area contributed by atoms with Crippen molar-refractivity contribution in [2.75, 3.05) is 10.6 Å². The summed E-state index contributed by atoms with van der Waals surface area (Å²) in [5, 5.41) is 24.8. The number of nitrogens with zero attached hydrogens (tertiary/aromatic N) is 1. The summed E-state index contributed by atoms with van der Waals surface area (Å²) in [6.45, 7) is 7.96. The minimum absolute atomic E-state index is 0.0499. The fourth-order valence-corrected chi connectivity index (χ4v) is 1.97. The number of rotatable bonds is 4. The highest BCUT2D eigenvalue weighted by atomic mass is 16.3. The van der Waals surface area contributed by atoms with Gasteiger partial charge in [0.15, 0.2) is 0 Å². The highest BCUT2D eigenvalue weighted by molar-refractivity contribution is 5.82. The SMILES string of the molecule is C[C@@H](Nc1c(Nc2c(O)cccc2C#N)c(=O)c1=O)C(C)(C)C. The molecule has 0 amide bonds. The molecule has 0 aliphatic carbocycles. The summed E-state index contributed by atoms with van der Waals surface area (Å²) in [5.74, 6) is -0.160. The molecule has 3 N–H and O–H groups in total. The highest BCUT2D eigenvalue weighted by Gasteiger charge is 2.27. The summed E-state index contributed by atoms with van der Waals surface area (Å²) in [6, 6.07) is 6.33. The molecule has 2 rings (SSSR count). The lowest BCUT2D eigenvalue weighted by atomic mass is 9.87. The first-order chi connectivity index (χ1) is 10.7. The fraction of sp³-hybridized carbons (Fsp3) is 0.353. The van der Waals surface area contributed by atoms with Gasteiger partial charge in [-0.25, -0.2) is 0 Å². The van der Waals surface area contributed by atoms with Crippen molar-refractivity contribution >= 4 is 17.1 Å². The van der Waals surface area contributed by atoms with E-state index in [0.717, 1.165) is 0 Å². The maximum atomic E-state index is 11.8. The minimum Gasteiger partial charge on any atom is -0.506 e. The fourth-order valence-electron chi connectivity index (χ4n) is 1.97. The van der Waals surface area contributed by atoms with E-state index in [9.17, 15) is 14.7 Å². The Hall–Kier alpha value is -2.81. The molecule has 0 aromatic heterocycles. The van der Waals surface area contributed by atoms with Crippen LogP contribution in [0.4, 0.5) is 17.1 Å². The van der Waals surface area contributed by atoms with Gasteiger partial charge < -0.3 is 15.7 Å². The Bertz CT molecular complexity index is 849. The van der Waals surface area contributed by atoms with Crippen LogP contribution in [-0.4, -0.2) is 11.1 Å². The maximum absolute atomic E-state index is 11.8. The molecule has 6 heteroatoms. The Kier molecular flexibility index (Phi) is 4.15. The standard InChI is InChI=1S/C17H19N3O3/c1-9(17(2,3)4)19-13-14(16(23)15(13)22)20-12-10(8-18)6-5-7-11(12)21/h5-7,9,19-21H,1-4H3/t9-/m1/s1. The molecule has 0 aliphatic rings. The van der Waals surface area contributed by atoms with Crippen LogP contribution in [-0.2, 0) is 0 Å². The van der Waals surface area contributed by atoms with Gasteiger partial charge in [0.2, 0.25) is 0 Å². The quantitative estimate of drug-likeness (QED) is 0.592. The second-order valence-corrected chi connectivity index (χ2v) is 6.58. The van der Waals surface area contributed by atoms with Gasteiger partial charge >= 0.3 is 0 Å². The number of phenolic OH excluding ortho intramolecular Hbond substituents is 1. The number of phenols is 1. The van der Waals surface area contributed by atoms with Gasteiger partial charge in [0.25, 0.3) is 10.9 Å². The van der Waals surface area contributed by atoms with Crippen molar-refractivity contribution in [3.63, 3.8) is 0 Å². The third-order valence-corrected chi connectivity index (χ3v) is 3.98. The number of nitriles is 1. The van der Waals surface area contributed by atoms with Crippen LogP contribution in [0.2, 0.25) is 0 Å². The molecule has 0 fully saturated rings. The zero-order valence-electron chi connectivity index (χ0n) is 13.5. The topological polar surface area (TPSA) is 102 Å². The third-order valence-electron chi connectivity index (χ3n) is 3.98. The minimum atomic E-state index is -0.666. The molecule has 0 bridgehead atoms. The average Bonchev–Trinajstić information content (AvgIpc) is 2.50. The average molecular weight is 313 g/mol. The van der Waals surface area contributed by atoms with E-state index in [1.807, 2.05) is 33.8 Å². The van der Waals surface area contributed by atoms with Crippen LogP contribution in [0.25, 0.3) is 0 Å². The molecule has 6 nitrogen and oxygen atoms in total. The van der Waals surface area contributed by atoms with E-state index in [2.05, 4.69) is 10.6 Å². The number of para-hydroxylation sites is 1. The Labute approximate surface area is 134 Å². The van der Waals surface area contributed by atoms with Gasteiger partial charge in [-0.05, 0) is 24.5 Å². The van der Waals surface area contributed by atoms with Gasteiger partial charge in [0, 0.05) is 6.04 Å². The van der Waals surface area contributed by atoms with Crippen molar-refractivity contribution < 1.29 is 5.11 Å². The van der Waals surface area contributed by atoms with Crippen molar-refractivity contribution in [2.45, 2.75) is 33.7 Å². The van der Waals surface area contributed by atoms with E-state index in [0.29, 0.717) is 0 Å². The van der Waals surface area contributed by atoms with Crippen molar-refractivity contribution in [3.8, 4) is 11.8 Å². The first-order valence-corrected chi connectivity index (χ1v) is 7.25. The van der Waals surface area contributed by atoms with Crippen LogP contribution in [0, 0.1) is 16.7 Å². The first-order valence-electron chi connectivity index (χ1n) is 7.25. The molecule has 0 spiro atoms. The molecule has 0 unspecified atom stereocenters. The number of hydrogen-bond donors (Lipinski definition) is 3. The highest BCUT2D eigenvalue weighted by Crippen LogP contribution is 2.32. The van der Waals surface area contributed by atoms with E-state index in [-0.39, 0.29) is 39.8 Å². The summed E-state index contributed by atoms with van der Waals surface area (Å²) in [7, 11) is 0. The molecule has 1 atom stereocenters. The van der Waals surface area contributed by atoms with Crippen molar-refractivity contribution in [3.05, 3.63) is 44.2 Å². The Balaban J connectivity index is 2.38. The van der Waals surface area contributed by atoms with Crippen molar-refractivity contribution in [2.24, 2.45) is 5.41 Å². The van der Waals surface area contributed by atoms with Gasteiger partial charge in [-0.1, -0.05) is 26.8 Å². The molecule has 120 valence electrons. The van der Waals surface area contributed by atoms with Crippen LogP contribution in [0.15, 0.2) is 27.8 Å². The van der Waals surface area contributed by atoms with Crippen LogP contribution in [0.5, 0.6) is 5.75 Å². The Morgan fingerprint density at radius 3 is 2.30 bits per heavy atom. The predicted molar refractivity (Wildman–Crippen MR) is 90.0 cm³/mol. The number of anilines is 3. The van der Waals surface area contributed by atoms with Gasteiger partial charge in [0.1, 0.15) is 23.2 Å².